The lowest BCUT2D eigenvalue weighted by Gasteiger charge is -2.19. The lowest BCUT2D eigenvalue weighted by molar-refractivity contribution is -0.132. The molecule has 1 rings (SSSR count). The largest absolute Gasteiger partial charge is 0.393 e. The van der Waals surface area contributed by atoms with Gasteiger partial charge in [0.25, 0.3) is 5.91 Å². The zero-order valence-electron chi connectivity index (χ0n) is 10.6. The van der Waals surface area contributed by atoms with Crippen molar-refractivity contribution in [2.75, 3.05) is 7.11 Å². The van der Waals surface area contributed by atoms with Crippen LogP contribution in [0.5, 0.6) is 0 Å². The molecule has 2 atom stereocenters. The second-order valence-corrected chi connectivity index (χ2v) is 4.63. The van der Waals surface area contributed by atoms with Crippen molar-refractivity contribution < 1.29 is 9.53 Å². The van der Waals surface area contributed by atoms with Crippen molar-refractivity contribution in [3.8, 4) is 0 Å². The Morgan fingerprint density at radius 1 is 1.44 bits per heavy atom. The number of benzene rings is 1. The van der Waals surface area contributed by atoms with Crippen LogP contribution in [0.15, 0.2) is 30.3 Å². The molecule has 0 radical (unpaired) electrons. The van der Waals surface area contributed by atoms with Gasteiger partial charge in [-0.3, -0.25) is 4.79 Å². The first-order chi connectivity index (χ1) is 8.54. The van der Waals surface area contributed by atoms with Gasteiger partial charge in [0, 0.05) is 19.6 Å². The van der Waals surface area contributed by atoms with Crippen molar-refractivity contribution in [3.05, 3.63) is 35.9 Å². The summed E-state index contributed by atoms with van der Waals surface area (Å²) in [5.41, 5.74) is 6.26. The van der Waals surface area contributed by atoms with Gasteiger partial charge in [-0.1, -0.05) is 42.5 Å². The van der Waals surface area contributed by atoms with E-state index in [-0.39, 0.29) is 11.9 Å². The van der Waals surface area contributed by atoms with E-state index in [1.54, 1.807) is 0 Å². The number of methoxy groups -OCH3 is 1. The summed E-state index contributed by atoms with van der Waals surface area (Å²) in [5.74, 6) is -0.188. The molecular formula is C13H18N2O2S. The first-order valence-electron chi connectivity index (χ1n) is 5.71. The average molecular weight is 266 g/mol. The highest BCUT2D eigenvalue weighted by atomic mass is 32.1. The fourth-order valence-corrected chi connectivity index (χ4v) is 1.94. The summed E-state index contributed by atoms with van der Waals surface area (Å²) in [6, 6.07) is 9.23. The number of thiocarbonyl (C=S) groups is 1. The van der Waals surface area contributed by atoms with Crippen LogP contribution in [-0.4, -0.2) is 24.0 Å². The molecule has 0 heterocycles. The van der Waals surface area contributed by atoms with Crippen LogP contribution >= 0.6 is 12.2 Å². The van der Waals surface area contributed by atoms with E-state index in [4.69, 9.17) is 22.7 Å². The summed E-state index contributed by atoms with van der Waals surface area (Å²) in [4.78, 5) is 12.4. The number of hydrogen-bond donors (Lipinski definition) is 2. The van der Waals surface area contributed by atoms with Gasteiger partial charge in [0.15, 0.2) is 6.10 Å². The van der Waals surface area contributed by atoms with E-state index in [1.807, 2.05) is 37.3 Å². The molecule has 1 aromatic rings. The van der Waals surface area contributed by atoms with Gasteiger partial charge in [-0.25, -0.2) is 0 Å². The maximum Gasteiger partial charge on any atom is 0.253 e. The Morgan fingerprint density at radius 3 is 2.56 bits per heavy atom. The normalized spacial score (nSPS) is 13.7. The molecular weight excluding hydrogens is 248 g/mol. The molecule has 0 saturated heterocycles. The van der Waals surface area contributed by atoms with Crippen LogP contribution in [0.25, 0.3) is 0 Å². The minimum Gasteiger partial charge on any atom is -0.393 e. The summed E-state index contributed by atoms with van der Waals surface area (Å²) in [5, 5.41) is 2.83. The molecule has 2 unspecified atom stereocenters. The van der Waals surface area contributed by atoms with Crippen LogP contribution in [0.3, 0.4) is 0 Å². The van der Waals surface area contributed by atoms with E-state index < -0.39 is 6.10 Å². The molecule has 98 valence electrons. The van der Waals surface area contributed by atoms with Crippen LogP contribution in [-0.2, 0) is 9.53 Å². The van der Waals surface area contributed by atoms with Crippen LogP contribution in [0, 0.1) is 0 Å². The Balaban J connectivity index is 2.66. The Kier molecular flexibility index (Phi) is 5.74. The van der Waals surface area contributed by atoms with Gasteiger partial charge in [0.2, 0.25) is 0 Å². The molecule has 1 aromatic carbocycles. The number of carbonyl (C=O) groups excluding carboxylic acids is 1. The smallest absolute Gasteiger partial charge is 0.253 e. The van der Waals surface area contributed by atoms with Crippen LogP contribution in [0.2, 0.25) is 0 Å². The topological polar surface area (TPSA) is 64.3 Å². The first kappa shape index (κ1) is 14.6. The second-order valence-electron chi connectivity index (χ2n) is 4.11. The quantitative estimate of drug-likeness (QED) is 0.767. The predicted molar refractivity (Wildman–Crippen MR) is 75.2 cm³/mol. The highest BCUT2D eigenvalue weighted by Crippen LogP contribution is 2.16. The summed E-state index contributed by atoms with van der Waals surface area (Å²) < 4.78 is 5.23. The van der Waals surface area contributed by atoms with Gasteiger partial charge in [0.1, 0.15) is 0 Å². The van der Waals surface area contributed by atoms with Crippen molar-refractivity contribution in [2.45, 2.75) is 25.5 Å². The van der Waals surface area contributed by atoms with E-state index in [1.165, 1.54) is 7.11 Å². The van der Waals surface area contributed by atoms with E-state index in [2.05, 4.69) is 5.32 Å². The van der Waals surface area contributed by atoms with Crippen LogP contribution in [0.1, 0.15) is 25.0 Å². The fraction of sp³-hybridized carbons (Fsp3) is 0.385. The van der Waals surface area contributed by atoms with Crippen LogP contribution in [0.4, 0.5) is 0 Å². The van der Waals surface area contributed by atoms with Crippen molar-refractivity contribution in [1.82, 2.24) is 5.32 Å². The molecule has 0 aliphatic rings. The summed E-state index contributed by atoms with van der Waals surface area (Å²) in [6.45, 7) is 1.86. The number of amides is 1. The maximum absolute atomic E-state index is 12.0. The van der Waals surface area contributed by atoms with Crippen LogP contribution < -0.4 is 11.1 Å². The van der Waals surface area contributed by atoms with Gasteiger partial charge < -0.3 is 15.8 Å². The third-order valence-corrected chi connectivity index (χ3v) is 2.64. The predicted octanol–water partition coefficient (Wildman–Crippen LogP) is 1.55. The Bertz CT molecular complexity index is 409. The third kappa shape index (κ3) is 4.43. The number of nitrogens with two attached hydrogens (primary N) is 1. The van der Waals surface area contributed by atoms with Gasteiger partial charge in [-0.05, 0) is 12.5 Å². The highest BCUT2D eigenvalue weighted by molar-refractivity contribution is 7.80. The Labute approximate surface area is 113 Å². The molecule has 4 nitrogen and oxygen atoms in total. The van der Waals surface area contributed by atoms with Crippen molar-refractivity contribution in [2.24, 2.45) is 5.73 Å². The number of rotatable bonds is 6. The molecule has 0 saturated carbocycles. The number of hydrogen-bond acceptors (Lipinski definition) is 3. The second kappa shape index (κ2) is 7.08. The van der Waals surface area contributed by atoms with E-state index in [0.29, 0.717) is 11.4 Å². The molecule has 1 amide bonds. The monoisotopic (exact) mass is 266 g/mol. The van der Waals surface area contributed by atoms with E-state index in [9.17, 15) is 4.79 Å². The molecule has 3 N–H and O–H groups in total. The SMILES string of the molecule is COC(C(=O)NC(C)CC(N)=S)c1ccccc1. The highest BCUT2D eigenvalue weighted by Gasteiger charge is 2.21. The molecule has 0 aromatic heterocycles. The van der Waals surface area contributed by atoms with Gasteiger partial charge >= 0.3 is 0 Å². The average Bonchev–Trinajstić information content (AvgIpc) is 2.29. The molecule has 5 heteroatoms. The fourth-order valence-electron chi connectivity index (χ4n) is 1.69. The summed E-state index contributed by atoms with van der Waals surface area (Å²) in [6.07, 6.45) is -0.133. The van der Waals surface area contributed by atoms with Crippen molar-refractivity contribution >= 4 is 23.1 Å². The van der Waals surface area contributed by atoms with Gasteiger partial charge in [0.05, 0.1) is 4.99 Å². The first-order valence-corrected chi connectivity index (χ1v) is 6.11. The molecule has 0 aliphatic heterocycles. The zero-order chi connectivity index (χ0) is 13.5. The molecule has 0 spiro atoms. The molecule has 18 heavy (non-hydrogen) atoms. The standard InChI is InChI=1S/C13H18N2O2S/c1-9(8-11(14)18)15-13(16)12(17-2)10-6-4-3-5-7-10/h3-7,9,12H,8H2,1-2H3,(H2,14,18)(H,15,16). The number of carbonyl (C=O) groups is 1. The van der Waals surface area contributed by atoms with E-state index >= 15 is 0 Å². The zero-order valence-corrected chi connectivity index (χ0v) is 11.4. The number of ether oxygens (including phenoxy) is 1. The lowest BCUT2D eigenvalue weighted by Crippen LogP contribution is -2.38. The Morgan fingerprint density at radius 2 is 2.06 bits per heavy atom. The molecule has 0 aliphatic carbocycles. The minimum atomic E-state index is -0.611. The molecule has 0 bridgehead atoms. The van der Waals surface area contributed by atoms with Crippen molar-refractivity contribution in [3.63, 3.8) is 0 Å². The van der Waals surface area contributed by atoms with E-state index in [0.717, 1.165) is 5.56 Å². The summed E-state index contributed by atoms with van der Waals surface area (Å²) >= 11 is 4.81. The van der Waals surface area contributed by atoms with Crippen molar-refractivity contribution in [1.29, 1.82) is 0 Å². The van der Waals surface area contributed by atoms with Gasteiger partial charge in [-0.2, -0.15) is 0 Å². The van der Waals surface area contributed by atoms with Gasteiger partial charge in [-0.15, -0.1) is 0 Å². The maximum atomic E-state index is 12.0. The number of nitrogens with one attached hydrogen (secondary N) is 1. The lowest BCUT2D eigenvalue weighted by atomic mass is 10.1. The molecule has 0 fully saturated rings. The Hall–Kier alpha value is -1.46. The third-order valence-electron chi connectivity index (χ3n) is 2.47. The minimum absolute atomic E-state index is 0.101. The summed E-state index contributed by atoms with van der Waals surface area (Å²) in [7, 11) is 1.51.